The first-order chi connectivity index (χ1) is 11.3. The molecule has 23 heavy (non-hydrogen) atoms. The van der Waals surface area contributed by atoms with Gasteiger partial charge >= 0.3 is 0 Å². The van der Waals surface area contributed by atoms with Crippen molar-refractivity contribution >= 4 is 11.3 Å². The Morgan fingerprint density at radius 2 is 2.04 bits per heavy atom. The van der Waals surface area contributed by atoms with Crippen molar-refractivity contribution in [1.29, 1.82) is 0 Å². The fraction of sp³-hybridized carbons (Fsp3) is 0.222. The number of aromatic amines is 1. The van der Waals surface area contributed by atoms with Crippen LogP contribution in [0.4, 0.5) is 0 Å². The smallest absolute Gasteiger partial charge is 0.254 e. The summed E-state index contributed by atoms with van der Waals surface area (Å²) >= 11 is 1.77. The highest BCUT2D eigenvalue weighted by Gasteiger charge is 2.21. The monoisotopic (exact) mass is 323 g/mol. The Kier molecular flexibility index (Phi) is 3.81. The van der Waals surface area contributed by atoms with Gasteiger partial charge in [0.15, 0.2) is 0 Å². The highest BCUT2D eigenvalue weighted by Crippen LogP contribution is 2.21. The molecule has 1 aliphatic rings. The minimum absolute atomic E-state index is 0.00428. The minimum Gasteiger partial charge on any atom is -0.306 e. The van der Waals surface area contributed by atoms with E-state index in [-0.39, 0.29) is 5.56 Å². The standard InChI is InChI=1S/C18H17N3OS/c22-18-15-8-9-21(11-14-7-4-10-23-14)12-16(15)19-17(20-18)13-5-2-1-3-6-13/h1-7,10H,8-9,11-12H2,(H,19,20,22). The van der Waals surface area contributed by atoms with Crippen LogP contribution in [0.1, 0.15) is 16.1 Å². The van der Waals surface area contributed by atoms with E-state index in [1.54, 1.807) is 11.3 Å². The molecule has 0 amide bonds. The predicted molar refractivity (Wildman–Crippen MR) is 92.4 cm³/mol. The highest BCUT2D eigenvalue weighted by molar-refractivity contribution is 7.09. The van der Waals surface area contributed by atoms with Crippen LogP contribution in [-0.4, -0.2) is 21.4 Å². The van der Waals surface area contributed by atoms with Crippen LogP contribution in [0.25, 0.3) is 11.4 Å². The molecular weight excluding hydrogens is 306 g/mol. The van der Waals surface area contributed by atoms with Gasteiger partial charge < -0.3 is 4.98 Å². The van der Waals surface area contributed by atoms with Gasteiger partial charge in [0.1, 0.15) is 5.82 Å². The Bertz CT molecular complexity index is 856. The van der Waals surface area contributed by atoms with E-state index in [9.17, 15) is 4.79 Å². The fourth-order valence-corrected chi connectivity index (χ4v) is 3.73. The second-order valence-electron chi connectivity index (χ2n) is 5.75. The number of fused-ring (bicyclic) bond motifs is 1. The van der Waals surface area contributed by atoms with Crippen LogP contribution in [0, 0.1) is 0 Å². The largest absolute Gasteiger partial charge is 0.306 e. The van der Waals surface area contributed by atoms with Crippen molar-refractivity contribution in [3.05, 3.63) is 74.3 Å². The van der Waals surface area contributed by atoms with Gasteiger partial charge in [0, 0.05) is 35.6 Å². The lowest BCUT2D eigenvalue weighted by Gasteiger charge is -2.27. The van der Waals surface area contributed by atoms with Gasteiger partial charge in [0.25, 0.3) is 5.56 Å². The molecule has 4 rings (SSSR count). The number of rotatable bonds is 3. The summed E-state index contributed by atoms with van der Waals surface area (Å²) in [5.74, 6) is 0.660. The van der Waals surface area contributed by atoms with Gasteiger partial charge in [-0.25, -0.2) is 4.98 Å². The second-order valence-corrected chi connectivity index (χ2v) is 6.78. The van der Waals surface area contributed by atoms with E-state index in [1.807, 2.05) is 30.3 Å². The van der Waals surface area contributed by atoms with E-state index >= 15 is 0 Å². The van der Waals surface area contributed by atoms with Gasteiger partial charge in [-0.3, -0.25) is 9.69 Å². The van der Waals surface area contributed by atoms with Gasteiger partial charge in [-0.05, 0) is 17.9 Å². The molecule has 0 radical (unpaired) electrons. The quantitative estimate of drug-likeness (QED) is 0.806. The first-order valence-corrected chi connectivity index (χ1v) is 8.60. The number of hydrogen-bond donors (Lipinski definition) is 1. The van der Waals surface area contributed by atoms with Gasteiger partial charge in [-0.1, -0.05) is 36.4 Å². The first-order valence-electron chi connectivity index (χ1n) is 7.72. The number of H-pyrrole nitrogens is 1. The topological polar surface area (TPSA) is 49.0 Å². The molecule has 0 saturated heterocycles. The lowest BCUT2D eigenvalue weighted by atomic mass is 10.1. The predicted octanol–water partition coefficient (Wildman–Crippen LogP) is 3.06. The number of nitrogens with one attached hydrogen (secondary N) is 1. The highest BCUT2D eigenvalue weighted by atomic mass is 32.1. The van der Waals surface area contributed by atoms with Gasteiger partial charge in [0.05, 0.1) is 5.69 Å². The maximum absolute atomic E-state index is 12.4. The van der Waals surface area contributed by atoms with Crippen molar-refractivity contribution in [2.24, 2.45) is 0 Å². The van der Waals surface area contributed by atoms with Gasteiger partial charge in [-0.15, -0.1) is 11.3 Å². The summed E-state index contributed by atoms with van der Waals surface area (Å²) < 4.78 is 0. The summed E-state index contributed by atoms with van der Waals surface area (Å²) in [7, 11) is 0. The van der Waals surface area contributed by atoms with Crippen LogP contribution in [0.2, 0.25) is 0 Å². The van der Waals surface area contributed by atoms with E-state index < -0.39 is 0 Å². The fourth-order valence-electron chi connectivity index (χ4n) is 2.98. The number of thiophene rings is 1. The molecule has 5 heteroatoms. The molecule has 0 aliphatic carbocycles. The number of benzene rings is 1. The van der Waals surface area contributed by atoms with Crippen LogP contribution in [0.5, 0.6) is 0 Å². The molecular formula is C18H17N3OS. The zero-order valence-electron chi connectivity index (χ0n) is 12.7. The molecule has 1 aromatic carbocycles. The molecule has 3 aromatic rings. The van der Waals surface area contributed by atoms with Crippen LogP contribution in [0.15, 0.2) is 52.6 Å². The van der Waals surface area contributed by atoms with Crippen molar-refractivity contribution in [2.45, 2.75) is 19.5 Å². The zero-order valence-corrected chi connectivity index (χ0v) is 13.5. The van der Waals surface area contributed by atoms with Crippen molar-refractivity contribution < 1.29 is 0 Å². The van der Waals surface area contributed by atoms with Crippen molar-refractivity contribution in [3.8, 4) is 11.4 Å². The molecule has 0 fully saturated rings. The van der Waals surface area contributed by atoms with Crippen molar-refractivity contribution in [3.63, 3.8) is 0 Å². The Hall–Kier alpha value is -2.24. The van der Waals surface area contributed by atoms with Crippen molar-refractivity contribution in [2.75, 3.05) is 6.54 Å². The van der Waals surface area contributed by atoms with Crippen molar-refractivity contribution in [1.82, 2.24) is 14.9 Å². The van der Waals surface area contributed by atoms with Crippen LogP contribution >= 0.6 is 11.3 Å². The molecule has 4 nitrogen and oxygen atoms in total. The molecule has 1 N–H and O–H groups in total. The Labute approximate surface area is 138 Å². The molecule has 0 bridgehead atoms. The van der Waals surface area contributed by atoms with Gasteiger partial charge in [0.2, 0.25) is 0 Å². The third-order valence-corrected chi connectivity index (χ3v) is 5.02. The molecule has 0 atom stereocenters. The summed E-state index contributed by atoms with van der Waals surface area (Å²) in [4.78, 5) is 23.7. The average molecular weight is 323 g/mol. The Morgan fingerprint density at radius 3 is 2.83 bits per heavy atom. The molecule has 0 spiro atoms. The third-order valence-electron chi connectivity index (χ3n) is 4.16. The molecule has 1 aliphatic heterocycles. The normalized spacial score (nSPS) is 14.6. The third kappa shape index (κ3) is 2.98. The van der Waals surface area contributed by atoms with E-state index in [2.05, 4.69) is 27.4 Å². The maximum atomic E-state index is 12.4. The van der Waals surface area contributed by atoms with Crippen LogP contribution < -0.4 is 5.56 Å². The molecule has 116 valence electrons. The molecule has 0 saturated carbocycles. The summed E-state index contributed by atoms with van der Waals surface area (Å²) in [6.45, 7) is 2.56. The second kappa shape index (κ2) is 6.10. The van der Waals surface area contributed by atoms with Crippen LogP contribution in [-0.2, 0) is 19.5 Å². The molecule has 2 aromatic heterocycles. The first kappa shape index (κ1) is 14.4. The van der Waals surface area contributed by atoms with E-state index in [0.29, 0.717) is 5.82 Å². The summed E-state index contributed by atoms with van der Waals surface area (Å²) in [6.07, 6.45) is 0.762. The van der Waals surface area contributed by atoms with E-state index in [4.69, 9.17) is 4.98 Å². The average Bonchev–Trinajstić information content (AvgIpc) is 3.08. The van der Waals surface area contributed by atoms with E-state index in [0.717, 1.165) is 42.9 Å². The number of aromatic nitrogens is 2. The van der Waals surface area contributed by atoms with Gasteiger partial charge in [-0.2, -0.15) is 0 Å². The Balaban J connectivity index is 1.64. The van der Waals surface area contributed by atoms with E-state index in [1.165, 1.54) is 4.88 Å². The molecule has 0 unspecified atom stereocenters. The Morgan fingerprint density at radius 1 is 1.17 bits per heavy atom. The SMILES string of the molecule is O=c1[nH]c(-c2ccccc2)nc2c1CCN(Cc1cccs1)C2. The number of hydrogen-bond acceptors (Lipinski definition) is 4. The lowest BCUT2D eigenvalue weighted by Crippen LogP contribution is -2.34. The summed E-state index contributed by atoms with van der Waals surface area (Å²) in [6, 6.07) is 14.0. The summed E-state index contributed by atoms with van der Waals surface area (Å²) in [5, 5.41) is 2.10. The maximum Gasteiger partial charge on any atom is 0.254 e. The zero-order chi connectivity index (χ0) is 15.6. The lowest BCUT2D eigenvalue weighted by molar-refractivity contribution is 0.242. The van der Waals surface area contributed by atoms with Crippen LogP contribution in [0.3, 0.4) is 0 Å². The molecule has 3 heterocycles. The summed E-state index contributed by atoms with van der Waals surface area (Å²) in [5.41, 5.74) is 2.70. The number of nitrogens with zero attached hydrogens (tertiary/aromatic N) is 2. The minimum atomic E-state index is 0.00428.